The molecule has 0 bridgehead atoms. The first kappa shape index (κ1) is 28.1. The van der Waals surface area contributed by atoms with E-state index in [2.05, 4.69) is 15.4 Å². The van der Waals surface area contributed by atoms with Crippen LogP contribution in [-0.2, 0) is 22.6 Å². The van der Waals surface area contributed by atoms with Crippen LogP contribution in [-0.4, -0.2) is 50.5 Å². The number of carbonyl (C=O) groups excluding carboxylic acids is 4. The van der Waals surface area contributed by atoms with Crippen molar-refractivity contribution < 1.29 is 28.3 Å². The van der Waals surface area contributed by atoms with Crippen LogP contribution in [0.4, 0.5) is 4.39 Å². The molecule has 0 saturated carbocycles. The summed E-state index contributed by atoms with van der Waals surface area (Å²) in [5, 5.41) is 14.7. The normalized spacial score (nSPS) is 13.0. The van der Waals surface area contributed by atoms with Crippen molar-refractivity contribution in [1.29, 1.82) is 5.26 Å². The molecule has 4 rings (SSSR count). The Morgan fingerprint density at radius 3 is 2.68 bits per heavy atom. The van der Waals surface area contributed by atoms with Crippen LogP contribution < -0.4 is 15.8 Å². The van der Waals surface area contributed by atoms with Gasteiger partial charge in [-0.3, -0.25) is 19.2 Å². The molecule has 1 aliphatic heterocycles. The zero-order valence-corrected chi connectivity index (χ0v) is 21.2. The van der Waals surface area contributed by atoms with Crippen molar-refractivity contribution >= 4 is 28.9 Å². The Morgan fingerprint density at radius 2 is 2.03 bits per heavy atom. The molecule has 3 N–H and O–H groups in total. The van der Waals surface area contributed by atoms with Crippen LogP contribution >= 0.6 is 0 Å². The molecule has 0 spiro atoms. The third-order valence-electron chi connectivity index (χ3n) is 5.47. The number of fused-ring (bicyclic) bond motifs is 2. The van der Waals surface area contributed by atoms with E-state index in [0.717, 1.165) is 21.8 Å². The number of carbonyl (C=O) groups is 4. The van der Waals surface area contributed by atoms with Crippen molar-refractivity contribution in [3.8, 4) is 11.8 Å². The molecule has 1 amide bonds. The minimum Gasteiger partial charge on any atom is -0.486 e. The number of rotatable bonds is 7. The molecule has 1 unspecified atom stereocenters. The summed E-state index contributed by atoms with van der Waals surface area (Å²) in [5.74, 6) is -0.893. The van der Waals surface area contributed by atoms with E-state index in [1.165, 1.54) is 13.0 Å². The van der Waals surface area contributed by atoms with Gasteiger partial charge >= 0.3 is 0 Å². The van der Waals surface area contributed by atoms with Crippen molar-refractivity contribution in [3.63, 3.8) is 0 Å². The molecule has 0 aliphatic carbocycles. The molecular formula is C26H27FN6O5. The van der Waals surface area contributed by atoms with Gasteiger partial charge in [-0.25, -0.2) is 13.9 Å². The smallest absolute Gasteiger partial charge is 0.270 e. The molecule has 0 saturated heterocycles. The summed E-state index contributed by atoms with van der Waals surface area (Å²) in [7, 11) is 0. The number of amides is 1. The maximum Gasteiger partial charge on any atom is 0.270 e. The van der Waals surface area contributed by atoms with Crippen molar-refractivity contribution in [2.75, 3.05) is 6.61 Å². The highest BCUT2D eigenvalue weighted by molar-refractivity contribution is 5.98. The Morgan fingerprint density at radius 1 is 1.29 bits per heavy atom. The van der Waals surface area contributed by atoms with Crippen LogP contribution in [0.3, 0.4) is 0 Å². The van der Waals surface area contributed by atoms with Crippen LogP contribution in [0.25, 0.3) is 5.65 Å². The molecular weight excluding hydrogens is 495 g/mol. The van der Waals surface area contributed by atoms with Crippen LogP contribution in [0, 0.1) is 23.1 Å². The first-order valence-corrected chi connectivity index (χ1v) is 11.8. The second-order valence-corrected chi connectivity index (χ2v) is 9.11. The van der Waals surface area contributed by atoms with Gasteiger partial charge in [-0.2, -0.15) is 10.4 Å². The number of Topliss-reactive ketones (excluding diaryl/α,β-unsaturated/α-hetero) is 3. The van der Waals surface area contributed by atoms with E-state index in [-0.39, 0.29) is 59.9 Å². The molecule has 1 aromatic carbocycles. The molecule has 11 nitrogen and oxygen atoms in total. The summed E-state index contributed by atoms with van der Waals surface area (Å²) >= 11 is 0. The maximum atomic E-state index is 13.8. The fraction of sp³-hybridized carbons (Fsp3) is 0.346. The summed E-state index contributed by atoms with van der Waals surface area (Å²) in [4.78, 5) is 50.6. The highest BCUT2D eigenvalue weighted by Crippen LogP contribution is 2.24. The zero-order chi connectivity index (χ0) is 28.0. The van der Waals surface area contributed by atoms with E-state index in [4.69, 9.17) is 15.7 Å². The quantitative estimate of drug-likeness (QED) is 0.440. The molecule has 38 heavy (non-hydrogen) atoms. The van der Waals surface area contributed by atoms with Gasteiger partial charge in [-0.05, 0) is 29.7 Å². The lowest BCUT2D eigenvalue weighted by atomic mass is 10.0. The average molecular weight is 523 g/mol. The van der Waals surface area contributed by atoms with E-state index in [1.807, 2.05) is 13.8 Å². The molecule has 3 heterocycles. The highest BCUT2D eigenvalue weighted by atomic mass is 19.1. The number of hydrogen-bond donors (Lipinski definition) is 2. The predicted molar refractivity (Wildman–Crippen MR) is 133 cm³/mol. The average Bonchev–Trinajstić information content (AvgIpc) is 3.26. The van der Waals surface area contributed by atoms with Gasteiger partial charge in [0.15, 0.2) is 34.9 Å². The number of nitrogens with zero attached hydrogens (tertiary/aromatic N) is 4. The van der Waals surface area contributed by atoms with Crippen LogP contribution in [0.1, 0.15) is 59.3 Å². The van der Waals surface area contributed by atoms with Crippen molar-refractivity contribution in [3.05, 3.63) is 58.8 Å². The Labute approximate surface area is 217 Å². The number of hydrogen-bond acceptors (Lipinski definition) is 9. The Hall–Kier alpha value is -4.50. The maximum absolute atomic E-state index is 13.8. The summed E-state index contributed by atoms with van der Waals surface area (Å²) in [6.07, 6.45) is 1.62. The monoisotopic (exact) mass is 522 g/mol. The lowest BCUT2D eigenvalue weighted by molar-refractivity contribution is -0.121. The lowest BCUT2D eigenvalue weighted by Crippen LogP contribution is -2.29. The van der Waals surface area contributed by atoms with Gasteiger partial charge in [0.2, 0.25) is 0 Å². The zero-order valence-electron chi connectivity index (χ0n) is 21.2. The minimum atomic E-state index is -0.928. The van der Waals surface area contributed by atoms with Crippen molar-refractivity contribution in [1.82, 2.24) is 19.9 Å². The topological polar surface area (TPSA) is 170 Å². The van der Waals surface area contributed by atoms with Gasteiger partial charge in [0.1, 0.15) is 23.7 Å². The first-order chi connectivity index (χ1) is 18.0. The fourth-order valence-corrected chi connectivity index (χ4v) is 3.62. The summed E-state index contributed by atoms with van der Waals surface area (Å²) in [5.41, 5.74) is 6.47. The van der Waals surface area contributed by atoms with Crippen molar-refractivity contribution in [2.24, 2.45) is 11.7 Å². The molecule has 1 aliphatic rings. The van der Waals surface area contributed by atoms with E-state index < -0.39 is 17.8 Å². The van der Waals surface area contributed by atoms with Crippen LogP contribution in [0.5, 0.6) is 5.75 Å². The van der Waals surface area contributed by atoms with E-state index in [1.54, 1.807) is 24.3 Å². The van der Waals surface area contributed by atoms with Crippen LogP contribution in [0.15, 0.2) is 30.5 Å². The Kier molecular flexibility index (Phi) is 8.98. The van der Waals surface area contributed by atoms with Gasteiger partial charge in [0.25, 0.3) is 5.91 Å². The van der Waals surface area contributed by atoms with Gasteiger partial charge < -0.3 is 15.8 Å². The van der Waals surface area contributed by atoms with Gasteiger partial charge in [-0.15, -0.1) is 0 Å². The molecule has 12 heteroatoms. The van der Waals surface area contributed by atoms with Gasteiger partial charge in [-0.1, -0.05) is 19.9 Å². The minimum absolute atomic E-state index is 0.00853. The number of ketones is 3. The molecule has 2 aromatic heterocycles. The number of halogens is 1. The standard InChI is InChI=1S/C19H15FN4O4.C7H12N2O/c1-10(25)16-6-15(23-18-14(20)8-22-24(16)18)19(27)21-7-11-2-3-17-12(4-11)5-13(26)9-28-17;1-5(2)3-7(10)6(9)4-8/h2-4,6,8H,5,7,9H2,1H3,(H,21,27);5-6H,3,9H2,1-2H3. The van der Waals surface area contributed by atoms with E-state index in [0.29, 0.717) is 12.2 Å². The van der Waals surface area contributed by atoms with E-state index in [9.17, 15) is 23.6 Å². The number of benzene rings is 1. The Bertz CT molecular complexity index is 1440. The largest absolute Gasteiger partial charge is 0.486 e. The molecule has 198 valence electrons. The van der Waals surface area contributed by atoms with Crippen molar-refractivity contribution in [2.45, 2.75) is 46.2 Å². The fourth-order valence-electron chi connectivity index (χ4n) is 3.62. The second-order valence-electron chi connectivity index (χ2n) is 9.11. The predicted octanol–water partition coefficient (Wildman–Crippen LogP) is 1.96. The third kappa shape index (κ3) is 6.83. The summed E-state index contributed by atoms with van der Waals surface area (Å²) < 4.78 is 20.3. The van der Waals surface area contributed by atoms with Crippen LogP contribution in [0.2, 0.25) is 0 Å². The molecule has 0 fully saturated rings. The number of nitrogens with one attached hydrogen (secondary N) is 1. The SMILES string of the molecule is CC(=O)c1cc(C(=O)NCc2ccc3c(c2)CC(=O)CO3)nc2c(F)cnn12.CC(C)CC(=O)C(N)C#N. The molecule has 1 atom stereocenters. The van der Waals surface area contributed by atoms with E-state index >= 15 is 0 Å². The molecule has 0 radical (unpaired) electrons. The third-order valence-corrected chi connectivity index (χ3v) is 5.47. The number of ether oxygens (including phenoxy) is 1. The lowest BCUT2D eigenvalue weighted by Gasteiger charge is -2.17. The Balaban J connectivity index is 0.000000342. The summed E-state index contributed by atoms with van der Waals surface area (Å²) in [6, 6.07) is 7.37. The molecule has 3 aromatic rings. The second kappa shape index (κ2) is 12.2. The number of nitrogens with two attached hydrogens (primary N) is 1. The summed E-state index contributed by atoms with van der Waals surface area (Å²) in [6.45, 7) is 5.38. The van der Waals surface area contributed by atoms with Gasteiger partial charge in [0, 0.05) is 31.9 Å². The highest BCUT2D eigenvalue weighted by Gasteiger charge is 2.19. The number of nitriles is 1. The first-order valence-electron chi connectivity index (χ1n) is 11.8. The number of aromatic nitrogens is 3. The van der Waals surface area contributed by atoms with Gasteiger partial charge in [0.05, 0.1) is 12.3 Å².